The summed E-state index contributed by atoms with van der Waals surface area (Å²) in [6.45, 7) is 9.22. The van der Waals surface area contributed by atoms with E-state index in [9.17, 15) is 14.7 Å². The minimum Gasteiger partial charge on any atom is -0.496 e. The molecule has 4 aliphatic rings. The smallest absolute Gasteiger partial charge is 0.309 e. The van der Waals surface area contributed by atoms with Crippen LogP contribution in [0.3, 0.4) is 0 Å². The van der Waals surface area contributed by atoms with E-state index in [1.54, 1.807) is 19.4 Å². The normalized spacial score (nSPS) is 22.6. The van der Waals surface area contributed by atoms with Crippen LogP contribution in [-0.2, 0) is 31.4 Å². The number of amides is 1. The number of aliphatic carboxylic acids is 1. The molecule has 0 spiro atoms. The Morgan fingerprint density at radius 2 is 1.71 bits per heavy atom. The second-order valence-corrected chi connectivity index (χ2v) is 16.8. The molecular weight excluding hydrogens is 708 g/mol. The molecule has 8 rings (SSSR count). The number of ether oxygens (including phenoxy) is 1. The van der Waals surface area contributed by atoms with E-state index in [2.05, 4.69) is 20.1 Å². The number of hydrogen-bond donors (Lipinski definition) is 2. The number of carboxylic acid groups (broad SMARTS) is 1. The van der Waals surface area contributed by atoms with E-state index in [4.69, 9.17) is 9.72 Å². The molecule has 0 unspecified atom stereocenters. The Bertz CT molecular complexity index is 2200. The van der Waals surface area contributed by atoms with Crippen molar-refractivity contribution in [3.63, 3.8) is 0 Å². The van der Waals surface area contributed by atoms with Gasteiger partial charge in [-0.3, -0.25) is 24.4 Å². The Morgan fingerprint density at radius 1 is 0.982 bits per heavy atom. The van der Waals surface area contributed by atoms with Crippen LogP contribution in [-0.4, -0.2) is 74.6 Å². The first-order valence-corrected chi connectivity index (χ1v) is 20.1. The highest BCUT2D eigenvalue weighted by Crippen LogP contribution is 2.62. The second-order valence-electron chi connectivity index (χ2n) is 16.8. The summed E-state index contributed by atoms with van der Waals surface area (Å²) in [5.41, 5.74) is 7.83. The number of imidazole rings is 1. The minimum atomic E-state index is -0.634. The zero-order valence-corrected chi connectivity index (χ0v) is 33.1. The van der Waals surface area contributed by atoms with E-state index in [1.165, 1.54) is 25.3 Å². The fraction of sp³-hybridized carbons (Fsp3) is 0.467. The van der Waals surface area contributed by atoms with Crippen molar-refractivity contribution < 1.29 is 23.8 Å². The first kappa shape index (κ1) is 38.0. The molecule has 0 radical (unpaired) electrons. The molecule has 2 aromatic heterocycles. The third-order valence-corrected chi connectivity index (χ3v) is 13.3. The van der Waals surface area contributed by atoms with E-state index in [0.717, 1.165) is 116 Å². The van der Waals surface area contributed by atoms with Gasteiger partial charge in [-0.05, 0) is 117 Å². The third-order valence-electron chi connectivity index (χ3n) is 13.3. The number of likely N-dealkylation sites (tertiary alicyclic amines) is 1. The average Bonchev–Trinajstić information content (AvgIpc) is 3.87. The quantitative estimate of drug-likeness (QED) is 0.157. The number of carbonyl (C=O) groups excluding carboxylic acids is 1. The molecule has 2 aliphatic carbocycles. The van der Waals surface area contributed by atoms with Gasteiger partial charge in [-0.25, -0.2) is 9.37 Å². The number of nitrogens with one attached hydrogen (secondary N) is 1. The number of benzene rings is 2. The van der Waals surface area contributed by atoms with Crippen LogP contribution >= 0.6 is 0 Å². The van der Waals surface area contributed by atoms with Crippen molar-refractivity contribution in [2.45, 2.75) is 84.7 Å². The lowest BCUT2D eigenvalue weighted by Gasteiger charge is -2.35. The number of rotatable bonds is 11. The van der Waals surface area contributed by atoms with Crippen molar-refractivity contribution in [3.8, 4) is 16.9 Å². The van der Waals surface area contributed by atoms with Crippen molar-refractivity contribution in [2.75, 3.05) is 38.6 Å². The highest BCUT2D eigenvalue weighted by Gasteiger charge is 2.58. The number of anilines is 1. The Kier molecular flexibility index (Phi) is 10.3. The molecule has 0 atom stereocenters. The summed E-state index contributed by atoms with van der Waals surface area (Å²) in [4.78, 5) is 40.0. The number of piperidine rings is 1. The van der Waals surface area contributed by atoms with E-state index in [0.29, 0.717) is 23.8 Å². The highest BCUT2D eigenvalue weighted by atomic mass is 19.1. The molecule has 10 nitrogen and oxygen atoms in total. The van der Waals surface area contributed by atoms with Gasteiger partial charge in [-0.1, -0.05) is 36.8 Å². The van der Waals surface area contributed by atoms with Crippen molar-refractivity contribution >= 4 is 29.5 Å². The average molecular weight is 761 g/mol. The molecule has 2 N–H and O–H groups in total. The number of carboxylic acids is 1. The van der Waals surface area contributed by atoms with Crippen LogP contribution < -0.4 is 10.1 Å². The van der Waals surface area contributed by atoms with E-state index in [-0.39, 0.29) is 17.0 Å². The molecule has 1 amide bonds. The van der Waals surface area contributed by atoms with Crippen LogP contribution in [0.15, 0.2) is 48.7 Å². The number of pyridine rings is 1. The lowest BCUT2D eigenvalue weighted by molar-refractivity contribution is -0.148. The molecule has 294 valence electrons. The van der Waals surface area contributed by atoms with Crippen LogP contribution in [0, 0.1) is 24.7 Å². The van der Waals surface area contributed by atoms with Gasteiger partial charge in [0.1, 0.15) is 17.3 Å². The first-order chi connectivity index (χ1) is 27.0. The molecule has 4 heterocycles. The van der Waals surface area contributed by atoms with Crippen molar-refractivity contribution in [3.05, 3.63) is 93.8 Å². The van der Waals surface area contributed by atoms with Crippen LogP contribution in [0.1, 0.15) is 101 Å². The largest absolute Gasteiger partial charge is 0.496 e. The van der Waals surface area contributed by atoms with Gasteiger partial charge in [0.15, 0.2) is 5.82 Å². The van der Waals surface area contributed by atoms with Crippen LogP contribution in [0.5, 0.6) is 5.75 Å². The third kappa shape index (κ3) is 7.15. The molecular formula is C45H53FN6O4. The summed E-state index contributed by atoms with van der Waals surface area (Å²) < 4.78 is 23.4. The lowest BCUT2D eigenvalue weighted by Crippen LogP contribution is -2.39. The zero-order chi connectivity index (χ0) is 39.2. The first-order valence-electron chi connectivity index (χ1n) is 20.1. The number of hydrogen-bond acceptors (Lipinski definition) is 7. The molecule has 11 heteroatoms. The molecule has 2 bridgehead atoms. The standard InChI is InChI=1S/C45H53FN6O4/c1-29-31(22-35(46)37-23-40(56-4)32(24-47-37)25-51-19-6-5-7-20-51)10-8-11-33(29)34-12-9-13-36(30(34)2)49-42(53)41-48-38-26-52(21-14-39(38)50(41)3)28-44-15-17-45(27-44,18-16-44)43(54)55/h8-13,22-24H,5-7,14-21,25-28H2,1-4H3,(H,49,53)(H,54,55)/b35-22-. The Labute approximate surface area is 328 Å². The molecule has 2 saturated carbocycles. The summed E-state index contributed by atoms with van der Waals surface area (Å²) in [7, 11) is 3.52. The van der Waals surface area contributed by atoms with Gasteiger partial charge in [0.25, 0.3) is 5.91 Å². The summed E-state index contributed by atoms with van der Waals surface area (Å²) in [6.07, 6.45) is 12.0. The molecule has 1 saturated heterocycles. The Hall–Kier alpha value is -4.87. The maximum absolute atomic E-state index is 15.9. The van der Waals surface area contributed by atoms with Crippen LogP contribution in [0.2, 0.25) is 0 Å². The van der Waals surface area contributed by atoms with Crippen molar-refractivity contribution in [2.24, 2.45) is 17.9 Å². The molecule has 2 aliphatic heterocycles. The van der Waals surface area contributed by atoms with Crippen molar-refractivity contribution in [1.29, 1.82) is 0 Å². The summed E-state index contributed by atoms with van der Waals surface area (Å²) in [5, 5.41) is 13.0. The molecule has 3 fully saturated rings. The summed E-state index contributed by atoms with van der Waals surface area (Å²) in [5.74, 6) is -0.339. The molecule has 4 aromatic rings. The van der Waals surface area contributed by atoms with Gasteiger partial charge >= 0.3 is 5.97 Å². The summed E-state index contributed by atoms with van der Waals surface area (Å²) >= 11 is 0. The summed E-state index contributed by atoms with van der Waals surface area (Å²) in [6, 6.07) is 13.4. The van der Waals surface area contributed by atoms with Crippen LogP contribution in [0.25, 0.3) is 23.0 Å². The Morgan fingerprint density at radius 3 is 2.43 bits per heavy atom. The molecule has 2 aromatic carbocycles. The number of nitrogens with zero attached hydrogens (tertiary/aromatic N) is 5. The van der Waals surface area contributed by atoms with Crippen molar-refractivity contribution in [1.82, 2.24) is 24.3 Å². The van der Waals surface area contributed by atoms with E-state index in [1.807, 2.05) is 61.9 Å². The lowest BCUT2D eigenvalue weighted by atomic mass is 9.81. The fourth-order valence-electron chi connectivity index (χ4n) is 10.0. The van der Waals surface area contributed by atoms with Gasteiger partial charge in [0, 0.05) is 68.9 Å². The molecule has 56 heavy (non-hydrogen) atoms. The maximum atomic E-state index is 15.9. The second kappa shape index (κ2) is 15.2. The SMILES string of the molecule is COc1cc(/C(F)=C/c2cccc(-c3cccc(NC(=O)c4nc5c(n4C)CCN(CC46CCC(C(=O)O)(CC4)C6)C5)c3C)c2C)ncc1CN1CCCCC1. The number of methoxy groups -OCH3 is 1. The van der Waals surface area contributed by atoms with Gasteiger partial charge in [-0.15, -0.1) is 0 Å². The predicted molar refractivity (Wildman–Crippen MR) is 216 cm³/mol. The van der Waals surface area contributed by atoms with Crippen LogP contribution in [0.4, 0.5) is 10.1 Å². The monoisotopic (exact) mass is 760 g/mol. The zero-order valence-electron chi connectivity index (χ0n) is 33.1. The number of aromatic nitrogens is 3. The van der Waals surface area contributed by atoms with Gasteiger partial charge in [0.05, 0.1) is 18.2 Å². The topological polar surface area (TPSA) is 113 Å². The predicted octanol–water partition coefficient (Wildman–Crippen LogP) is 8.21. The number of halogens is 1. The minimum absolute atomic E-state index is 0.0692. The Balaban J connectivity index is 0.969. The van der Waals surface area contributed by atoms with Gasteiger partial charge in [-0.2, -0.15) is 0 Å². The van der Waals surface area contributed by atoms with E-state index < -0.39 is 17.2 Å². The maximum Gasteiger partial charge on any atom is 0.309 e. The van der Waals surface area contributed by atoms with Gasteiger partial charge in [0.2, 0.25) is 0 Å². The number of carbonyl (C=O) groups is 2. The fourth-order valence-corrected chi connectivity index (χ4v) is 10.0. The number of fused-ring (bicyclic) bond motifs is 3. The highest BCUT2D eigenvalue weighted by molar-refractivity contribution is 6.03. The van der Waals surface area contributed by atoms with E-state index >= 15 is 4.39 Å². The van der Waals surface area contributed by atoms with Gasteiger partial charge < -0.3 is 19.7 Å².